The normalized spacial score (nSPS) is 27.8. The summed E-state index contributed by atoms with van der Waals surface area (Å²) in [7, 11) is 0. The fourth-order valence-electron chi connectivity index (χ4n) is 3.67. The maximum atomic E-state index is 12.1. The summed E-state index contributed by atoms with van der Waals surface area (Å²) in [6.07, 6.45) is 9.45. The first-order valence-corrected chi connectivity index (χ1v) is 8.08. The summed E-state index contributed by atoms with van der Waals surface area (Å²) in [5, 5.41) is 9.09. The molecule has 1 aliphatic carbocycles. The van der Waals surface area contributed by atoms with Crippen LogP contribution in [-0.4, -0.2) is 35.0 Å². The Bertz CT molecular complexity index is 350. The quantitative estimate of drug-likeness (QED) is 0.843. The van der Waals surface area contributed by atoms with Crippen molar-refractivity contribution in [2.45, 2.75) is 58.3 Å². The topological polar surface area (TPSA) is 57.6 Å². The number of hydrogen-bond acceptors (Lipinski definition) is 2. The van der Waals surface area contributed by atoms with E-state index in [1.54, 1.807) is 4.90 Å². The minimum Gasteiger partial charge on any atom is -0.481 e. The van der Waals surface area contributed by atoms with Crippen molar-refractivity contribution in [2.24, 2.45) is 17.8 Å². The molecule has 0 aromatic rings. The minimum atomic E-state index is -0.769. The summed E-state index contributed by atoms with van der Waals surface area (Å²) >= 11 is 0. The van der Waals surface area contributed by atoms with Gasteiger partial charge in [-0.2, -0.15) is 0 Å². The van der Waals surface area contributed by atoms with Gasteiger partial charge in [-0.3, -0.25) is 9.59 Å². The number of rotatable bonds is 5. The Morgan fingerprint density at radius 1 is 1.15 bits per heavy atom. The van der Waals surface area contributed by atoms with E-state index in [0.717, 1.165) is 18.8 Å². The van der Waals surface area contributed by atoms with Crippen molar-refractivity contribution in [3.8, 4) is 0 Å². The lowest BCUT2D eigenvalue weighted by Crippen LogP contribution is -2.29. The molecule has 2 rings (SSSR count). The number of aliphatic carboxylic acids is 1. The molecule has 0 bridgehead atoms. The number of amides is 1. The van der Waals surface area contributed by atoms with E-state index in [2.05, 4.69) is 0 Å². The summed E-state index contributed by atoms with van der Waals surface area (Å²) in [4.78, 5) is 25.0. The molecule has 1 aliphatic heterocycles. The lowest BCUT2D eigenvalue weighted by Gasteiger charge is -2.22. The zero-order valence-corrected chi connectivity index (χ0v) is 12.5. The summed E-state index contributed by atoms with van der Waals surface area (Å²) in [6.45, 7) is 2.94. The molecule has 20 heavy (non-hydrogen) atoms. The number of nitrogens with zero attached hydrogens (tertiary/aromatic N) is 1. The van der Waals surface area contributed by atoms with Crippen molar-refractivity contribution >= 4 is 11.9 Å². The third kappa shape index (κ3) is 3.97. The molecule has 4 nitrogen and oxygen atoms in total. The van der Waals surface area contributed by atoms with Crippen molar-refractivity contribution in [1.29, 1.82) is 0 Å². The fraction of sp³-hybridized carbons (Fsp3) is 0.875. The van der Waals surface area contributed by atoms with Gasteiger partial charge in [0.15, 0.2) is 0 Å². The SMILES string of the molecule is CC1CN(C(=O)CCCC2CCCCC2)CC1C(=O)O. The zero-order valence-electron chi connectivity index (χ0n) is 12.5. The highest BCUT2D eigenvalue weighted by molar-refractivity contribution is 5.78. The van der Waals surface area contributed by atoms with Crippen LogP contribution < -0.4 is 0 Å². The van der Waals surface area contributed by atoms with Crippen LogP contribution in [0.2, 0.25) is 0 Å². The molecule has 2 unspecified atom stereocenters. The largest absolute Gasteiger partial charge is 0.481 e. The van der Waals surface area contributed by atoms with E-state index in [0.29, 0.717) is 19.5 Å². The van der Waals surface area contributed by atoms with Crippen LogP contribution in [0.15, 0.2) is 0 Å². The minimum absolute atomic E-state index is 0.0785. The highest BCUT2D eigenvalue weighted by Crippen LogP contribution is 2.28. The van der Waals surface area contributed by atoms with Crippen LogP contribution in [0.4, 0.5) is 0 Å². The zero-order chi connectivity index (χ0) is 14.5. The molecule has 1 heterocycles. The van der Waals surface area contributed by atoms with E-state index in [-0.39, 0.29) is 17.7 Å². The summed E-state index contributed by atoms with van der Waals surface area (Å²) in [5.74, 6) is -0.0978. The Morgan fingerprint density at radius 2 is 1.85 bits per heavy atom. The van der Waals surface area contributed by atoms with Crippen LogP contribution in [0.5, 0.6) is 0 Å². The highest BCUT2D eigenvalue weighted by Gasteiger charge is 2.36. The first kappa shape index (κ1) is 15.3. The van der Waals surface area contributed by atoms with Crippen LogP contribution >= 0.6 is 0 Å². The lowest BCUT2D eigenvalue weighted by molar-refractivity contribution is -0.142. The third-order valence-corrected chi connectivity index (χ3v) is 5.01. The van der Waals surface area contributed by atoms with Crippen LogP contribution in [-0.2, 0) is 9.59 Å². The maximum absolute atomic E-state index is 12.1. The van der Waals surface area contributed by atoms with Crippen molar-refractivity contribution in [2.75, 3.05) is 13.1 Å². The Hall–Kier alpha value is -1.06. The number of hydrogen-bond donors (Lipinski definition) is 1. The molecule has 114 valence electrons. The number of carboxylic acid groups (broad SMARTS) is 1. The molecule has 0 radical (unpaired) electrons. The molecule has 0 spiro atoms. The molecule has 1 N–H and O–H groups in total. The van der Waals surface area contributed by atoms with Crippen LogP contribution in [0.3, 0.4) is 0 Å². The van der Waals surface area contributed by atoms with E-state index in [9.17, 15) is 9.59 Å². The molecule has 1 saturated carbocycles. The van der Waals surface area contributed by atoms with Crippen molar-refractivity contribution in [3.63, 3.8) is 0 Å². The van der Waals surface area contributed by atoms with Gasteiger partial charge in [-0.1, -0.05) is 39.0 Å². The van der Waals surface area contributed by atoms with Crippen LogP contribution in [0.25, 0.3) is 0 Å². The first-order valence-electron chi connectivity index (χ1n) is 8.08. The predicted molar refractivity (Wildman–Crippen MR) is 77.3 cm³/mol. The highest BCUT2D eigenvalue weighted by atomic mass is 16.4. The molecule has 2 fully saturated rings. The first-order chi connectivity index (χ1) is 9.58. The molecule has 2 atom stereocenters. The van der Waals surface area contributed by atoms with Crippen LogP contribution in [0.1, 0.15) is 58.3 Å². The van der Waals surface area contributed by atoms with Gasteiger partial charge in [-0.15, -0.1) is 0 Å². The number of carbonyl (C=O) groups is 2. The van der Waals surface area contributed by atoms with E-state index in [1.807, 2.05) is 6.92 Å². The average Bonchev–Trinajstić information content (AvgIpc) is 2.82. The molecule has 1 saturated heterocycles. The van der Waals surface area contributed by atoms with E-state index < -0.39 is 5.97 Å². The van der Waals surface area contributed by atoms with Crippen LogP contribution in [0, 0.1) is 17.8 Å². The second-order valence-electron chi connectivity index (χ2n) is 6.62. The van der Waals surface area contributed by atoms with Crippen molar-refractivity contribution < 1.29 is 14.7 Å². The predicted octanol–water partition coefficient (Wildman–Crippen LogP) is 2.92. The lowest BCUT2D eigenvalue weighted by atomic mass is 9.86. The summed E-state index contributed by atoms with van der Waals surface area (Å²) < 4.78 is 0. The van der Waals surface area contributed by atoms with E-state index in [1.165, 1.54) is 32.1 Å². The monoisotopic (exact) mass is 281 g/mol. The van der Waals surface area contributed by atoms with Gasteiger partial charge in [-0.25, -0.2) is 0 Å². The van der Waals surface area contributed by atoms with Gasteiger partial charge < -0.3 is 10.0 Å². The maximum Gasteiger partial charge on any atom is 0.308 e. The summed E-state index contributed by atoms with van der Waals surface area (Å²) in [6, 6.07) is 0. The van der Waals surface area contributed by atoms with Gasteiger partial charge >= 0.3 is 5.97 Å². The molecule has 2 aliphatic rings. The average molecular weight is 281 g/mol. The number of likely N-dealkylation sites (tertiary alicyclic amines) is 1. The molecular weight excluding hydrogens is 254 g/mol. The van der Waals surface area contributed by atoms with Gasteiger partial charge in [0.05, 0.1) is 5.92 Å². The third-order valence-electron chi connectivity index (χ3n) is 5.01. The molecule has 4 heteroatoms. The van der Waals surface area contributed by atoms with E-state index in [4.69, 9.17) is 5.11 Å². The standard InChI is InChI=1S/C16H27NO3/c1-12-10-17(11-14(12)16(19)20)15(18)9-5-8-13-6-3-2-4-7-13/h12-14H,2-11H2,1H3,(H,19,20). The molecular formula is C16H27NO3. The Labute approximate surface area is 121 Å². The van der Waals surface area contributed by atoms with Gasteiger partial charge in [0.2, 0.25) is 5.91 Å². The van der Waals surface area contributed by atoms with E-state index >= 15 is 0 Å². The number of carbonyl (C=O) groups excluding carboxylic acids is 1. The fourth-order valence-corrected chi connectivity index (χ4v) is 3.67. The second-order valence-corrected chi connectivity index (χ2v) is 6.62. The Morgan fingerprint density at radius 3 is 2.45 bits per heavy atom. The second kappa shape index (κ2) is 7.09. The number of carboxylic acids is 1. The Kier molecular flexibility index (Phi) is 5.44. The van der Waals surface area contributed by atoms with Gasteiger partial charge in [-0.05, 0) is 24.7 Å². The molecule has 0 aromatic carbocycles. The molecule has 0 aromatic heterocycles. The van der Waals surface area contributed by atoms with Crippen molar-refractivity contribution in [3.05, 3.63) is 0 Å². The molecule has 1 amide bonds. The van der Waals surface area contributed by atoms with Gasteiger partial charge in [0.25, 0.3) is 0 Å². The van der Waals surface area contributed by atoms with Crippen molar-refractivity contribution in [1.82, 2.24) is 4.90 Å². The summed E-state index contributed by atoms with van der Waals surface area (Å²) in [5.41, 5.74) is 0. The van der Waals surface area contributed by atoms with Gasteiger partial charge in [0.1, 0.15) is 0 Å². The Balaban J connectivity index is 1.68. The smallest absolute Gasteiger partial charge is 0.308 e. The van der Waals surface area contributed by atoms with Gasteiger partial charge in [0, 0.05) is 19.5 Å².